The summed E-state index contributed by atoms with van der Waals surface area (Å²) in [6.07, 6.45) is 41.6. The lowest BCUT2D eigenvalue weighted by Gasteiger charge is -2.21. The van der Waals surface area contributed by atoms with Gasteiger partial charge in [0.1, 0.15) is 19.3 Å². The summed E-state index contributed by atoms with van der Waals surface area (Å²) in [6.45, 7) is 14.1. The molecule has 0 fully saturated rings. The van der Waals surface area contributed by atoms with Gasteiger partial charge in [-0.15, -0.1) is 0 Å². The molecule has 0 amide bonds. The van der Waals surface area contributed by atoms with Crippen molar-refractivity contribution in [3.8, 4) is 0 Å². The zero-order valence-corrected chi connectivity index (χ0v) is 59.8. The smallest absolute Gasteiger partial charge is 0.462 e. The van der Waals surface area contributed by atoms with E-state index in [0.717, 1.165) is 114 Å². The van der Waals surface area contributed by atoms with E-state index in [-0.39, 0.29) is 25.7 Å². The van der Waals surface area contributed by atoms with E-state index in [2.05, 4.69) is 55.4 Å². The largest absolute Gasteiger partial charge is 0.472 e. The Bertz CT molecular complexity index is 1770. The second-order valence-corrected chi connectivity index (χ2v) is 29.6. The number of phosphoric acid groups is 2. The van der Waals surface area contributed by atoms with Gasteiger partial charge in [0, 0.05) is 25.7 Å². The summed E-state index contributed by atoms with van der Waals surface area (Å²) < 4.78 is 68.3. The van der Waals surface area contributed by atoms with Gasteiger partial charge in [-0.2, -0.15) is 0 Å². The summed E-state index contributed by atoms with van der Waals surface area (Å²) in [4.78, 5) is 72.5. The highest BCUT2D eigenvalue weighted by molar-refractivity contribution is 7.47. The fourth-order valence-electron chi connectivity index (χ4n) is 10.4. The van der Waals surface area contributed by atoms with Crippen molar-refractivity contribution in [3.63, 3.8) is 0 Å². The Labute approximate surface area is 543 Å². The number of phosphoric ester groups is 2. The lowest BCUT2D eigenvalue weighted by molar-refractivity contribution is -0.161. The van der Waals surface area contributed by atoms with Crippen molar-refractivity contribution in [2.75, 3.05) is 39.6 Å². The Hall–Kier alpha value is -1.94. The molecule has 0 aromatic rings. The highest BCUT2D eigenvalue weighted by atomic mass is 31.2. The van der Waals surface area contributed by atoms with E-state index >= 15 is 0 Å². The number of carbonyl (C=O) groups excluding carboxylic acids is 4. The van der Waals surface area contributed by atoms with Gasteiger partial charge in [-0.1, -0.05) is 293 Å². The predicted molar refractivity (Wildman–Crippen MR) is 358 cm³/mol. The molecule has 5 unspecified atom stereocenters. The van der Waals surface area contributed by atoms with Crippen LogP contribution in [0.25, 0.3) is 0 Å². The van der Waals surface area contributed by atoms with Crippen molar-refractivity contribution in [2.24, 2.45) is 23.7 Å². The first-order valence-electron chi connectivity index (χ1n) is 36.3. The van der Waals surface area contributed by atoms with E-state index < -0.39 is 97.5 Å². The molecular formula is C70H136O17P2. The lowest BCUT2D eigenvalue weighted by atomic mass is 9.99. The van der Waals surface area contributed by atoms with E-state index in [9.17, 15) is 43.2 Å². The molecule has 0 spiro atoms. The minimum absolute atomic E-state index is 0.104. The average Bonchev–Trinajstić information content (AvgIpc) is 3.65. The summed E-state index contributed by atoms with van der Waals surface area (Å²) in [5.74, 6) is 0.898. The Kier molecular flexibility index (Phi) is 58.5. The topological polar surface area (TPSA) is 237 Å². The molecule has 3 N–H and O–H groups in total. The molecule has 0 heterocycles. The normalized spacial score (nSPS) is 14.9. The zero-order valence-electron chi connectivity index (χ0n) is 58.1. The molecule has 0 radical (unpaired) electrons. The number of esters is 4. The Morgan fingerprint density at radius 3 is 0.798 bits per heavy atom. The second-order valence-electron chi connectivity index (χ2n) is 26.7. The minimum atomic E-state index is -4.95. The van der Waals surface area contributed by atoms with Crippen LogP contribution in [0.1, 0.15) is 344 Å². The SMILES string of the molecule is CCC(C)CCCCCCCCCCC(=O)OC[C@H](COP(=O)(O)OCC(O)COP(=O)(O)OC[C@@H](COC(=O)CCCCCCCCCC(C)C)OC(=O)CCCCCCCCCCCCCCC(C)C)OC(=O)CCCCCCCCCCC(C)CC. The minimum Gasteiger partial charge on any atom is -0.462 e. The fourth-order valence-corrected chi connectivity index (χ4v) is 12.0. The van der Waals surface area contributed by atoms with Crippen LogP contribution in [0.4, 0.5) is 0 Å². The van der Waals surface area contributed by atoms with Gasteiger partial charge < -0.3 is 33.8 Å². The third-order valence-electron chi connectivity index (χ3n) is 16.8. The number of unbranched alkanes of at least 4 members (excludes halogenated alkanes) is 31. The van der Waals surface area contributed by atoms with Crippen LogP contribution in [0.5, 0.6) is 0 Å². The molecular weight excluding hydrogens is 1170 g/mol. The first kappa shape index (κ1) is 87.1. The number of rotatable bonds is 67. The van der Waals surface area contributed by atoms with Crippen molar-refractivity contribution in [2.45, 2.75) is 363 Å². The Morgan fingerprint density at radius 2 is 0.539 bits per heavy atom. The van der Waals surface area contributed by atoms with Crippen LogP contribution >= 0.6 is 15.6 Å². The molecule has 0 aromatic carbocycles. The fraction of sp³-hybridized carbons (Fsp3) is 0.943. The zero-order chi connectivity index (χ0) is 66.1. The maximum atomic E-state index is 13.0. The Morgan fingerprint density at radius 1 is 0.315 bits per heavy atom. The molecule has 0 aliphatic heterocycles. The third kappa shape index (κ3) is 62.0. The van der Waals surface area contributed by atoms with Crippen molar-refractivity contribution < 1.29 is 80.2 Å². The molecule has 528 valence electrons. The van der Waals surface area contributed by atoms with Crippen LogP contribution in [0, 0.1) is 23.7 Å². The molecule has 0 aliphatic carbocycles. The van der Waals surface area contributed by atoms with E-state index in [4.69, 9.17) is 37.0 Å². The van der Waals surface area contributed by atoms with Gasteiger partial charge in [0.2, 0.25) is 0 Å². The number of aliphatic hydroxyl groups is 1. The summed E-state index contributed by atoms with van der Waals surface area (Å²) in [5.41, 5.74) is 0. The molecule has 0 aromatic heterocycles. The summed E-state index contributed by atoms with van der Waals surface area (Å²) >= 11 is 0. The van der Waals surface area contributed by atoms with Crippen LogP contribution in [0.3, 0.4) is 0 Å². The molecule has 7 atom stereocenters. The van der Waals surface area contributed by atoms with Crippen molar-refractivity contribution >= 4 is 39.5 Å². The molecule has 0 saturated carbocycles. The van der Waals surface area contributed by atoms with Crippen molar-refractivity contribution in [1.29, 1.82) is 0 Å². The Balaban J connectivity index is 5.26. The predicted octanol–water partition coefficient (Wildman–Crippen LogP) is 19.7. The third-order valence-corrected chi connectivity index (χ3v) is 18.7. The van der Waals surface area contributed by atoms with E-state index in [0.29, 0.717) is 31.6 Å². The average molecular weight is 1310 g/mol. The van der Waals surface area contributed by atoms with Gasteiger partial charge in [-0.05, 0) is 49.4 Å². The van der Waals surface area contributed by atoms with Gasteiger partial charge in [-0.3, -0.25) is 37.3 Å². The van der Waals surface area contributed by atoms with Crippen LogP contribution in [0.15, 0.2) is 0 Å². The summed E-state index contributed by atoms with van der Waals surface area (Å²) in [7, 11) is -9.90. The van der Waals surface area contributed by atoms with Crippen molar-refractivity contribution in [1.82, 2.24) is 0 Å². The van der Waals surface area contributed by atoms with E-state index in [1.165, 1.54) is 141 Å². The maximum Gasteiger partial charge on any atom is 0.472 e. The molecule has 0 saturated heterocycles. The van der Waals surface area contributed by atoms with E-state index in [1.807, 2.05) is 0 Å². The highest BCUT2D eigenvalue weighted by Crippen LogP contribution is 2.45. The quantitative estimate of drug-likeness (QED) is 0.0222. The molecule has 19 heteroatoms. The van der Waals surface area contributed by atoms with Crippen LogP contribution in [-0.4, -0.2) is 96.7 Å². The number of aliphatic hydroxyl groups excluding tert-OH is 1. The highest BCUT2D eigenvalue weighted by Gasteiger charge is 2.30. The standard InChI is InChI=1S/C70H136O17P2/c1-9-62(7)48-40-32-24-17-19-26-34-42-50-67(72)80-56-65(87-70(75)53-45-37-28-20-18-25-33-41-49-63(8)10-2)58-84-88(76,77)82-54-64(71)55-83-89(78,79)85-59-66(57-81-68(73)51-43-35-29-21-23-31-39-47-61(5)6)86-69(74)52-44-36-27-16-14-12-11-13-15-22-30-38-46-60(3)4/h60-66,71H,9-59H2,1-8H3,(H,76,77)(H,78,79)/t62?,63?,64?,65-,66-/m1/s1. The van der Waals surface area contributed by atoms with Gasteiger partial charge in [0.05, 0.1) is 26.4 Å². The maximum absolute atomic E-state index is 13.0. The second kappa shape index (κ2) is 59.8. The monoisotopic (exact) mass is 1310 g/mol. The van der Waals surface area contributed by atoms with Gasteiger partial charge >= 0.3 is 39.5 Å². The van der Waals surface area contributed by atoms with Crippen LogP contribution < -0.4 is 0 Å². The number of hydrogen-bond acceptors (Lipinski definition) is 15. The van der Waals surface area contributed by atoms with Crippen LogP contribution in [-0.2, 0) is 65.4 Å². The number of carbonyl (C=O) groups is 4. The lowest BCUT2D eigenvalue weighted by Crippen LogP contribution is -2.30. The van der Waals surface area contributed by atoms with E-state index in [1.54, 1.807) is 0 Å². The first-order chi connectivity index (χ1) is 42.7. The summed E-state index contributed by atoms with van der Waals surface area (Å²) in [6, 6.07) is 0. The van der Waals surface area contributed by atoms with Gasteiger partial charge in [-0.25, -0.2) is 9.13 Å². The number of ether oxygens (including phenoxy) is 4. The van der Waals surface area contributed by atoms with Crippen LogP contribution in [0.2, 0.25) is 0 Å². The van der Waals surface area contributed by atoms with Gasteiger partial charge in [0.15, 0.2) is 12.2 Å². The molecule has 0 rings (SSSR count). The number of hydrogen-bond donors (Lipinski definition) is 3. The molecule has 0 aliphatic rings. The first-order valence-corrected chi connectivity index (χ1v) is 39.3. The van der Waals surface area contributed by atoms with Crippen molar-refractivity contribution in [3.05, 3.63) is 0 Å². The molecule has 17 nitrogen and oxygen atoms in total. The molecule has 89 heavy (non-hydrogen) atoms. The summed E-state index contributed by atoms with van der Waals surface area (Å²) in [5, 5.41) is 10.6. The molecule has 0 bridgehead atoms. The van der Waals surface area contributed by atoms with Gasteiger partial charge in [0.25, 0.3) is 0 Å².